The molecule has 0 aromatic carbocycles. The molecule has 0 atom stereocenters. The Kier molecular flexibility index (Phi) is 3.94. The summed E-state index contributed by atoms with van der Waals surface area (Å²) in [7, 11) is 3.71. The van der Waals surface area contributed by atoms with Crippen molar-refractivity contribution in [3.63, 3.8) is 0 Å². The lowest BCUT2D eigenvalue weighted by Gasteiger charge is -2.12. The van der Waals surface area contributed by atoms with Crippen LogP contribution >= 0.6 is 0 Å². The Bertz CT molecular complexity index is 561. The van der Waals surface area contributed by atoms with Crippen LogP contribution in [0.3, 0.4) is 0 Å². The highest BCUT2D eigenvalue weighted by molar-refractivity contribution is 5.56. The predicted molar refractivity (Wildman–Crippen MR) is 74.0 cm³/mol. The van der Waals surface area contributed by atoms with Gasteiger partial charge < -0.3 is 10.6 Å². The van der Waals surface area contributed by atoms with E-state index >= 15 is 0 Å². The van der Waals surface area contributed by atoms with Gasteiger partial charge in [0, 0.05) is 26.1 Å². The Morgan fingerprint density at radius 3 is 2.53 bits per heavy atom. The molecule has 7 nitrogen and oxygen atoms in total. The number of nitrogens with zero attached hydrogens (tertiary/aromatic N) is 5. The van der Waals surface area contributed by atoms with Gasteiger partial charge in [-0.05, 0) is 6.92 Å². The average Bonchev–Trinajstić information content (AvgIpc) is 2.83. The van der Waals surface area contributed by atoms with Crippen molar-refractivity contribution in [1.29, 1.82) is 0 Å². The molecule has 0 aliphatic heterocycles. The van der Waals surface area contributed by atoms with Crippen molar-refractivity contribution >= 4 is 11.6 Å². The first-order valence-corrected chi connectivity index (χ1v) is 6.27. The van der Waals surface area contributed by atoms with E-state index < -0.39 is 0 Å². The van der Waals surface area contributed by atoms with E-state index in [2.05, 4.69) is 30.7 Å². The minimum absolute atomic E-state index is 0.547. The number of hydrogen-bond donors (Lipinski definition) is 2. The predicted octanol–water partition coefficient (Wildman–Crippen LogP) is 1.13. The maximum absolute atomic E-state index is 4.50. The molecule has 2 rings (SSSR count). The molecule has 0 bridgehead atoms. The molecule has 2 N–H and O–H groups in total. The summed E-state index contributed by atoms with van der Waals surface area (Å²) < 4.78 is 1.68. The summed E-state index contributed by atoms with van der Waals surface area (Å²) in [5.74, 6) is 3.22. The normalized spacial score (nSPS) is 10.5. The standard InChI is InChI=1S/C12H19N7/c1-5-9-16-11(13-3)8(2)12(17-9)14-6-10-15-7-19(4)18-10/h7H,5-6H2,1-4H3,(H2,13,14,16,17). The molecule has 2 aromatic heterocycles. The summed E-state index contributed by atoms with van der Waals surface area (Å²) in [4.78, 5) is 13.1. The molecule has 0 aliphatic carbocycles. The summed E-state index contributed by atoms with van der Waals surface area (Å²) in [5, 5.41) is 10.6. The smallest absolute Gasteiger partial charge is 0.169 e. The van der Waals surface area contributed by atoms with Crippen molar-refractivity contribution in [1.82, 2.24) is 24.7 Å². The maximum atomic E-state index is 4.50. The van der Waals surface area contributed by atoms with Gasteiger partial charge in [0.05, 0.1) is 6.54 Å². The van der Waals surface area contributed by atoms with E-state index in [1.165, 1.54) is 0 Å². The number of nitrogens with one attached hydrogen (secondary N) is 2. The van der Waals surface area contributed by atoms with Gasteiger partial charge in [-0.2, -0.15) is 5.10 Å². The molecule has 0 aliphatic rings. The molecule has 0 fully saturated rings. The minimum Gasteiger partial charge on any atom is -0.373 e. The van der Waals surface area contributed by atoms with Crippen molar-refractivity contribution in [2.24, 2.45) is 7.05 Å². The third-order valence-corrected chi connectivity index (χ3v) is 2.81. The van der Waals surface area contributed by atoms with Crippen LogP contribution < -0.4 is 10.6 Å². The number of rotatable bonds is 5. The summed E-state index contributed by atoms with van der Waals surface area (Å²) in [6.07, 6.45) is 2.48. The molecule has 102 valence electrons. The lowest BCUT2D eigenvalue weighted by molar-refractivity contribution is 0.746. The molecule has 0 radical (unpaired) electrons. The van der Waals surface area contributed by atoms with Crippen LogP contribution in [0.25, 0.3) is 0 Å². The molecular weight excluding hydrogens is 242 g/mol. The molecule has 0 unspecified atom stereocenters. The summed E-state index contributed by atoms with van der Waals surface area (Å²) >= 11 is 0. The van der Waals surface area contributed by atoms with Crippen LogP contribution in [0, 0.1) is 6.92 Å². The van der Waals surface area contributed by atoms with E-state index in [1.807, 2.05) is 27.9 Å². The van der Waals surface area contributed by atoms with E-state index in [9.17, 15) is 0 Å². The molecule has 2 heterocycles. The van der Waals surface area contributed by atoms with Crippen molar-refractivity contribution in [3.8, 4) is 0 Å². The molecule has 0 spiro atoms. The number of aryl methyl sites for hydroxylation is 2. The molecule has 2 aromatic rings. The van der Waals surface area contributed by atoms with Crippen LogP contribution in [0.2, 0.25) is 0 Å². The fourth-order valence-corrected chi connectivity index (χ4v) is 1.76. The third kappa shape index (κ3) is 2.98. The Balaban J connectivity index is 2.19. The molecule has 0 saturated carbocycles. The van der Waals surface area contributed by atoms with E-state index in [0.29, 0.717) is 6.54 Å². The van der Waals surface area contributed by atoms with Crippen molar-refractivity contribution in [2.45, 2.75) is 26.8 Å². The topological polar surface area (TPSA) is 80.5 Å². The van der Waals surface area contributed by atoms with Gasteiger partial charge in [-0.3, -0.25) is 4.68 Å². The maximum Gasteiger partial charge on any atom is 0.169 e. The second-order valence-electron chi connectivity index (χ2n) is 4.25. The second-order valence-corrected chi connectivity index (χ2v) is 4.25. The highest BCUT2D eigenvalue weighted by Crippen LogP contribution is 2.20. The molecule has 0 saturated heterocycles. The summed E-state index contributed by atoms with van der Waals surface area (Å²) in [6, 6.07) is 0. The van der Waals surface area contributed by atoms with Gasteiger partial charge in [0.2, 0.25) is 0 Å². The highest BCUT2D eigenvalue weighted by Gasteiger charge is 2.09. The Labute approximate surface area is 112 Å². The van der Waals surface area contributed by atoms with Crippen molar-refractivity contribution < 1.29 is 0 Å². The Morgan fingerprint density at radius 2 is 1.95 bits per heavy atom. The fourth-order valence-electron chi connectivity index (χ4n) is 1.76. The number of aromatic nitrogens is 5. The van der Waals surface area contributed by atoms with Crippen molar-refractivity contribution in [2.75, 3.05) is 17.7 Å². The lowest BCUT2D eigenvalue weighted by atomic mass is 10.3. The van der Waals surface area contributed by atoms with Gasteiger partial charge in [0.15, 0.2) is 5.82 Å². The molecular formula is C12H19N7. The third-order valence-electron chi connectivity index (χ3n) is 2.81. The van der Waals surface area contributed by atoms with Gasteiger partial charge in [-0.15, -0.1) is 0 Å². The SMILES string of the molecule is CCc1nc(NC)c(C)c(NCc2ncn(C)n2)n1. The van der Waals surface area contributed by atoms with Crippen molar-refractivity contribution in [3.05, 3.63) is 23.5 Å². The van der Waals surface area contributed by atoms with E-state index in [0.717, 1.165) is 35.3 Å². The number of hydrogen-bond acceptors (Lipinski definition) is 6. The first-order valence-electron chi connectivity index (χ1n) is 6.27. The van der Waals surface area contributed by atoms with Crippen LogP contribution in [0.15, 0.2) is 6.33 Å². The zero-order chi connectivity index (χ0) is 13.8. The van der Waals surface area contributed by atoms with E-state index in [4.69, 9.17) is 0 Å². The minimum atomic E-state index is 0.547. The zero-order valence-electron chi connectivity index (χ0n) is 11.7. The van der Waals surface area contributed by atoms with Gasteiger partial charge in [-0.1, -0.05) is 6.92 Å². The average molecular weight is 261 g/mol. The molecule has 0 amide bonds. The second kappa shape index (κ2) is 5.64. The first kappa shape index (κ1) is 13.3. The molecule has 19 heavy (non-hydrogen) atoms. The van der Waals surface area contributed by atoms with Crippen LogP contribution in [-0.4, -0.2) is 31.8 Å². The largest absolute Gasteiger partial charge is 0.373 e. The Morgan fingerprint density at radius 1 is 1.21 bits per heavy atom. The van der Waals surface area contributed by atoms with Crippen LogP contribution in [0.5, 0.6) is 0 Å². The van der Waals surface area contributed by atoms with Crippen LogP contribution in [-0.2, 0) is 20.0 Å². The monoisotopic (exact) mass is 261 g/mol. The molecule has 7 heteroatoms. The van der Waals surface area contributed by atoms with E-state index in [-0.39, 0.29) is 0 Å². The zero-order valence-corrected chi connectivity index (χ0v) is 11.7. The highest BCUT2D eigenvalue weighted by atomic mass is 15.3. The van der Waals surface area contributed by atoms with Crippen LogP contribution in [0.4, 0.5) is 11.6 Å². The lowest BCUT2D eigenvalue weighted by Crippen LogP contribution is -2.10. The Hall–Kier alpha value is -2.18. The van der Waals surface area contributed by atoms with Crippen LogP contribution in [0.1, 0.15) is 24.1 Å². The van der Waals surface area contributed by atoms with E-state index in [1.54, 1.807) is 11.0 Å². The van der Waals surface area contributed by atoms with Gasteiger partial charge >= 0.3 is 0 Å². The van der Waals surface area contributed by atoms with Gasteiger partial charge in [0.1, 0.15) is 23.8 Å². The summed E-state index contributed by atoms with van der Waals surface area (Å²) in [6.45, 7) is 4.57. The number of anilines is 2. The van der Waals surface area contributed by atoms with Gasteiger partial charge in [0.25, 0.3) is 0 Å². The first-order chi connectivity index (χ1) is 9.13. The summed E-state index contributed by atoms with van der Waals surface area (Å²) in [5.41, 5.74) is 0.996. The fraction of sp³-hybridized carbons (Fsp3) is 0.500. The van der Waals surface area contributed by atoms with Gasteiger partial charge in [-0.25, -0.2) is 15.0 Å². The quantitative estimate of drug-likeness (QED) is 0.839.